The summed E-state index contributed by atoms with van der Waals surface area (Å²) in [7, 11) is -3.74. The van der Waals surface area contributed by atoms with Gasteiger partial charge >= 0.3 is 5.97 Å². The van der Waals surface area contributed by atoms with Gasteiger partial charge in [0.05, 0.1) is 5.52 Å². The first-order valence-corrected chi connectivity index (χ1v) is 9.17. The number of para-hydroxylation sites is 1. The highest BCUT2D eigenvalue weighted by Crippen LogP contribution is 2.24. The molecule has 2 heterocycles. The molecule has 1 aliphatic rings. The fourth-order valence-corrected chi connectivity index (χ4v) is 4.43. The Kier molecular flexibility index (Phi) is 4.69. The molecule has 0 atom stereocenters. The van der Waals surface area contributed by atoms with Crippen LogP contribution in [0.25, 0.3) is 10.9 Å². The normalized spacial score (nSPS) is 16.1. The number of aromatic nitrogens is 1. The van der Waals surface area contributed by atoms with Crippen LogP contribution in [0.15, 0.2) is 41.4 Å². The van der Waals surface area contributed by atoms with Crippen molar-refractivity contribution < 1.29 is 23.1 Å². The van der Waals surface area contributed by atoms with E-state index in [0.29, 0.717) is 5.52 Å². The van der Waals surface area contributed by atoms with Crippen LogP contribution in [-0.4, -0.2) is 65.8 Å². The molecule has 9 heteroatoms. The standard InChI is InChI=1S/C16H17N3O5S/c20-14(11-15(21)22)18-7-9-19(10-8-18)25(23,24)13-5-1-3-12-4-2-6-17-16(12)13/h1-6H,7-11H2,(H,21,22). The monoisotopic (exact) mass is 363 g/mol. The van der Waals surface area contributed by atoms with Gasteiger partial charge in [0.25, 0.3) is 0 Å². The number of aliphatic carboxylic acids is 1. The van der Waals surface area contributed by atoms with Crippen LogP contribution >= 0.6 is 0 Å². The van der Waals surface area contributed by atoms with Crippen LogP contribution in [-0.2, 0) is 19.6 Å². The molecule has 2 aromatic rings. The van der Waals surface area contributed by atoms with Crippen molar-refractivity contribution in [3.63, 3.8) is 0 Å². The third-order valence-electron chi connectivity index (χ3n) is 4.11. The lowest BCUT2D eigenvalue weighted by Gasteiger charge is -2.33. The summed E-state index contributed by atoms with van der Waals surface area (Å²) >= 11 is 0. The van der Waals surface area contributed by atoms with Crippen molar-refractivity contribution in [1.29, 1.82) is 0 Å². The van der Waals surface area contributed by atoms with Gasteiger partial charge < -0.3 is 10.0 Å². The summed E-state index contributed by atoms with van der Waals surface area (Å²) in [6, 6.07) is 8.52. The number of carboxylic acid groups (broad SMARTS) is 1. The number of amides is 1. The van der Waals surface area contributed by atoms with Crippen LogP contribution in [0.5, 0.6) is 0 Å². The summed E-state index contributed by atoms with van der Waals surface area (Å²) in [6.07, 6.45) is 0.962. The first-order valence-electron chi connectivity index (χ1n) is 7.73. The zero-order chi connectivity index (χ0) is 18.0. The Bertz CT molecular complexity index is 915. The molecule has 132 valence electrons. The van der Waals surface area contributed by atoms with Crippen LogP contribution in [0.2, 0.25) is 0 Å². The minimum Gasteiger partial charge on any atom is -0.481 e. The summed E-state index contributed by atoms with van der Waals surface area (Å²) < 4.78 is 27.2. The number of piperazine rings is 1. The SMILES string of the molecule is O=C(O)CC(=O)N1CCN(S(=O)(=O)c2cccc3cccnc23)CC1. The number of benzene rings is 1. The van der Waals surface area contributed by atoms with Gasteiger partial charge in [-0.2, -0.15) is 4.31 Å². The van der Waals surface area contributed by atoms with Crippen LogP contribution < -0.4 is 0 Å². The average molecular weight is 363 g/mol. The number of hydrogen-bond acceptors (Lipinski definition) is 5. The van der Waals surface area contributed by atoms with Crippen molar-refractivity contribution in [2.24, 2.45) is 0 Å². The summed E-state index contributed by atoms with van der Waals surface area (Å²) in [5.41, 5.74) is 0.411. The van der Waals surface area contributed by atoms with Gasteiger partial charge in [0.2, 0.25) is 15.9 Å². The molecule has 0 radical (unpaired) electrons. The van der Waals surface area contributed by atoms with Crippen molar-refractivity contribution >= 4 is 32.8 Å². The predicted molar refractivity (Wildman–Crippen MR) is 89.3 cm³/mol. The number of pyridine rings is 1. The van der Waals surface area contributed by atoms with E-state index >= 15 is 0 Å². The first kappa shape index (κ1) is 17.3. The molecule has 0 unspecified atom stereocenters. The van der Waals surface area contributed by atoms with E-state index in [4.69, 9.17) is 5.11 Å². The van der Waals surface area contributed by atoms with E-state index in [2.05, 4.69) is 4.98 Å². The van der Waals surface area contributed by atoms with E-state index in [0.717, 1.165) is 5.39 Å². The van der Waals surface area contributed by atoms with Gasteiger partial charge in [0.1, 0.15) is 11.3 Å². The number of hydrogen-bond donors (Lipinski definition) is 1. The quantitative estimate of drug-likeness (QED) is 0.795. The highest BCUT2D eigenvalue weighted by Gasteiger charge is 2.31. The second kappa shape index (κ2) is 6.77. The van der Waals surface area contributed by atoms with E-state index in [1.165, 1.54) is 15.3 Å². The molecule has 1 aliphatic heterocycles. The maximum atomic E-state index is 12.9. The fourth-order valence-electron chi connectivity index (χ4n) is 2.84. The van der Waals surface area contributed by atoms with Crippen molar-refractivity contribution in [2.75, 3.05) is 26.2 Å². The van der Waals surface area contributed by atoms with Gasteiger partial charge in [0, 0.05) is 37.8 Å². The number of rotatable bonds is 4. The zero-order valence-corrected chi connectivity index (χ0v) is 14.1. The number of sulfonamides is 1. The number of carbonyl (C=O) groups is 2. The van der Waals surface area contributed by atoms with Crippen LogP contribution in [0.1, 0.15) is 6.42 Å². The van der Waals surface area contributed by atoms with Gasteiger partial charge in [-0.05, 0) is 12.1 Å². The van der Waals surface area contributed by atoms with E-state index in [-0.39, 0.29) is 31.1 Å². The molecule has 0 saturated carbocycles. The average Bonchev–Trinajstić information content (AvgIpc) is 2.60. The third-order valence-corrected chi connectivity index (χ3v) is 6.04. The highest BCUT2D eigenvalue weighted by molar-refractivity contribution is 7.89. The van der Waals surface area contributed by atoms with Crippen LogP contribution in [0, 0.1) is 0 Å². The Morgan fingerprint density at radius 3 is 2.44 bits per heavy atom. The smallest absolute Gasteiger partial charge is 0.312 e. The second-order valence-corrected chi connectivity index (χ2v) is 7.59. The zero-order valence-electron chi connectivity index (χ0n) is 13.3. The molecule has 1 fully saturated rings. The van der Waals surface area contributed by atoms with Crippen molar-refractivity contribution in [2.45, 2.75) is 11.3 Å². The maximum absolute atomic E-state index is 12.9. The molecule has 8 nitrogen and oxygen atoms in total. The Morgan fingerprint density at radius 1 is 1.08 bits per heavy atom. The summed E-state index contributed by atoms with van der Waals surface area (Å²) in [4.78, 5) is 28.1. The summed E-state index contributed by atoms with van der Waals surface area (Å²) in [5.74, 6) is -1.70. The van der Waals surface area contributed by atoms with Crippen LogP contribution in [0.3, 0.4) is 0 Å². The van der Waals surface area contributed by atoms with Gasteiger partial charge in [-0.3, -0.25) is 14.6 Å². The lowest BCUT2D eigenvalue weighted by Crippen LogP contribution is -2.50. The fraction of sp³-hybridized carbons (Fsp3) is 0.312. The van der Waals surface area contributed by atoms with E-state index in [1.54, 1.807) is 30.5 Å². The molecular weight excluding hydrogens is 346 g/mol. The molecule has 1 amide bonds. The van der Waals surface area contributed by atoms with Gasteiger partial charge in [-0.15, -0.1) is 0 Å². The van der Waals surface area contributed by atoms with Gasteiger partial charge in [-0.25, -0.2) is 8.42 Å². The molecule has 0 bridgehead atoms. The first-order chi connectivity index (χ1) is 11.9. The molecule has 3 rings (SSSR count). The van der Waals surface area contributed by atoms with Crippen molar-refractivity contribution in [3.8, 4) is 0 Å². The Hall–Kier alpha value is -2.52. The number of fused-ring (bicyclic) bond motifs is 1. The molecular formula is C16H17N3O5S. The molecule has 1 saturated heterocycles. The molecule has 1 aromatic carbocycles. The van der Waals surface area contributed by atoms with E-state index < -0.39 is 28.3 Å². The topological polar surface area (TPSA) is 108 Å². The minimum absolute atomic E-state index is 0.122. The maximum Gasteiger partial charge on any atom is 0.312 e. The van der Waals surface area contributed by atoms with E-state index in [9.17, 15) is 18.0 Å². The van der Waals surface area contributed by atoms with Crippen LogP contribution in [0.4, 0.5) is 0 Å². The molecule has 1 N–H and O–H groups in total. The number of carbonyl (C=O) groups excluding carboxylic acids is 1. The van der Waals surface area contributed by atoms with Crippen molar-refractivity contribution in [1.82, 2.24) is 14.2 Å². The summed E-state index contributed by atoms with van der Waals surface area (Å²) in [5, 5.41) is 9.42. The van der Waals surface area contributed by atoms with E-state index in [1.807, 2.05) is 0 Å². The molecule has 0 aliphatic carbocycles. The Morgan fingerprint density at radius 2 is 1.76 bits per heavy atom. The molecule has 1 aromatic heterocycles. The minimum atomic E-state index is -3.74. The number of carboxylic acids is 1. The largest absolute Gasteiger partial charge is 0.481 e. The lowest BCUT2D eigenvalue weighted by molar-refractivity contribution is -0.144. The van der Waals surface area contributed by atoms with Gasteiger partial charge in [0.15, 0.2) is 0 Å². The molecule has 0 spiro atoms. The Balaban J connectivity index is 1.80. The third kappa shape index (κ3) is 3.47. The Labute approximate surface area is 144 Å². The number of nitrogens with zero attached hydrogens (tertiary/aromatic N) is 3. The van der Waals surface area contributed by atoms with Gasteiger partial charge in [-0.1, -0.05) is 18.2 Å². The summed E-state index contributed by atoms with van der Waals surface area (Å²) in [6.45, 7) is 0.584. The lowest BCUT2D eigenvalue weighted by atomic mass is 10.2. The predicted octanol–water partition coefficient (Wildman–Crippen LogP) is 0.542. The highest BCUT2D eigenvalue weighted by atomic mass is 32.2. The van der Waals surface area contributed by atoms with Crippen molar-refractivity contribution in [3.05, 3.63) is 36.5 Å². The second-order valence-electron chi connectivity index (χ2n) is 5.69. The molecule has 25 heavy (non-hydrogen) atoms.